The number of fused-ring (bicyclic) bond motifs is 2. The number of thiophene rings is 1. The van der Waals surface area contributed by atoms with E-state index in [4.69, 9.17) is 4.74 Å². The molecule has 0 atom stereocenters. The van der Waals surface area contributed by atoms with Crippen LogP contribution in [0, 0.1) is 0 Å². The lowest BCUT2D eigenvalue weighted by Crippen LogP contribution is -2.46. The molecule has 0 spiro atoms. The third kappa shape index (κ3) is 3.82. The summed E-state index contributed by atoms with van der Waals surface area (Å²) in [4.78, 5) is 15.2. The van der Waals surface area contributed by atoms with Crippen molar-refractivity contribution in [1.82, 2.24) is 5.32 Å². The molecule has 5 rings (SSSR count). The summed E-state index contributed by atoms with van der Waals surface area (Å²) in [5.41, 5.74) is 2.37. The molecule has 0 unspecified atom stereocenters. The number of carbonyl (C=O) groups excluding carboxylic acids is 1. The summed E-state index contributed by atoms with van der Waals surface area (Å²) in [6.45, 7) is 0.530. The van der Waals surface area contributed by atoms with Crippen molar-refractivity contribution in [1.29, 1.82) is 0 Å². The second-order valence-corrected chi connectivity index (χ2v) is 9.13. The van der Waals surface area contributed by atoms with Gasteiger partial charge in [0.05, 0.1) is 6.54 Å². The Labute approximate surface area is 192 Å². The molecule has 1 amide bonds. The molecule has 4 heteroatoms. The first-order valence-electron chi connectivity index (χ1n) is 11.0. The van der Waals surface area contributed by atoms with E-state index in [2.05, 4.69) is 35.6 Å². The highest BCUT2D eigenvalue weighted by Crippen LogP contribution is 2.50. The Morgan fingerprint density at radius 3 is 2.12 bits per heavy atom. The molecule has 3 nitrogen and oxygen atoms in total. The largest absolute Gasteiger partial charge is 0.457 e. The van der Waals surface area contributed by atoms with Gasteiger partial charge in [-0.25, -0.2) is 0 Å². The number of amides is 1. The molecule has 0 aliphatic carbocycles. The van der Waals surface area contributed by atoms with Crippen LogP contribution in [-0.2, 0) is 23.2 Å². The van der Waals surface area contributed by atoms with E-state index in [-0.39, 0.29) is 5.91 Å². The van der Waals surface area contributed by atoms with Crippen LogP contribution in [0.1, 0.15) is 34.4 Å². The molecule has 1 aliphatic heterocycles. The van der Waals surface area contributed by atoms with Gasteiger partial charge in [0, 0.05) is 16.0 Å². The Hall–Kier alpha value is -3.37. The van der Waals surface area contributed by atoms with Gasteiger partial charge in [-0.1, -0.05) is 72.8 Å². The molecule has 0 saturated heterocycles. The van der Waals surface area contributed by atoms with E-state index in [1.165, 1.54) is 5.56 Å². The van der Waals surface area contributed by atoms with E-state index < -0.39 is 5.41 Å². The topological polar surface area (TPSA) is 38.3 Å². The molecule has 4 aromatic rings. The van der Waals surface area contributed by atoms with Crippen molar-refractivity contribution in [2.24, 2.45) is 0 Å². The highest BCUT2D eigenvalue weighted by molar-refractivity contribution is 7.09. The van der Waals surface area contributed by atoms with E-state index in [1.54, 1.807) is 11.3 Å². The fraction of sp³-hybridized carbons (Fsp3) is 0.179. The molecular weight excluding hydrogens is 414 g/mol. The van der Waals surface area contributed by atoms with Crippen LogP contribution in [0.3, 0.4) is 0 Å². The zero-order valence-electron chi connectivity index (χ0n) is 17.8. The number of ether oxygens (including phenoxy) is 1. The lowest BCUT2D eigenvalue weighted by atomic mass is 9.68. The van der Waals surface area contributed by atoms with Crippen LogP contribution >= 0.6 is 11.3 Å². The second kappa shape index (κ2) is 9.01. The molecule has 1 N–H and O–H groups in total. The maximum absolute atomic E-state index is 14.0. The Balaban J connectivity index is 1.54. The summed E-state index contributed by atoms with van der Waals surface area (Å²) >= 11 is 1.66. The first kappa shape index (κ1) is 20.5. The van der Waals surface area contributed by atoms with Crippen LogP contribution in [-0.4, -0.2) is 5.91 Å². The fourth-order valence-corrected chi connectivity index (χ4v) is 5.29. The number of para-hydroxylation sites is 2. The number of hydrogen-bond donors (Lipinski definition) is 1. The molecule has 32 heavy (non-hydrogen) atoms. The van der Waals surface area contributed by atoms with Crippen molar-refractivity contribution in [3.63, 3.8) is 0 Å². The fourth-order valence-electron chi connectivity index (χ4n) is 4.64. The van der Waals surface area contributed by atoms with Crippen molar-refractivity contribution in [3.05, 3.63) is 118 Å². The Morgan fingerprint density at radius 2 is 1.47 bits per heavy atom. The third-order valence-electron chi connectivity index (χ3n) is 6.16. The normalized spacial score (nSPS) is 13.5. The van der Waals surface area contributed by atoms with Gasteiger partial charge in [-0.05, 0) is 48.4 Å². The van der Waals surface area contributed by atoms with Crippen molar-refractivity contribution in [3.8, 4) is 11.5 Å². The van der Waals surface area contributed by atoms with Crippen LogP contribution in [0.4, 0.5) is 0 Å². The number of nitrogens with one attached hydrogen (secondary N) is 1. The van der Waals surface area contributed by atoms with Crippen LogP contribution in [0.2, 0.25) is 0 Å². The van der Waals surface area contributed by atoms with Crippen LogP contribution < -0.4 is 10.1 Å². The number of aryl methyl sites for hydroxylation is 1. The van der Waals surface area contributed by atoms with E-state index in [1.807, 2.05) is 66.0 Å². The lowest BCUT2D eigenvalue weighted by molar-refractivity contribution is -0.126. The van der Waals surface area contributed by atoms with Gasteiger partial charge < -0.3 is 10.1 Å². The van der Waals surface area contributed by atoms with Gasteiger partial charge in [-0.2, -0.15) is 0 Å². The Kier molecular flexibility index (Phi) is 5.78. The molecule has 0 saturated carbocycles. The lowest BCUT2D eigenvalue weighted by Gasteiger charge is -2.39. The van der Waals surface area contributed by atoms with Crippen LogP contribution in [0.5, 0.6) is 11.5 Å². The van der Waals surface area contributed by atoms with E-state index in [9.17, 15) is 4.79 Å². The van der Waals surface area contributed by atoms with E-state index in [0.29, 0.717) is 13.0 Å². The van der Waals surface area contributed by atoms with Gasteiger partial charge in [0.1, 0.15) is 16.9 Å². The maximum atomic E-state index is 14.0. The highest BCUT2D eigenvalue weighted by Gasteiger charge is 2.47. The van der Waals surface area contributed by atoms with Gasteiger partial charge in [0.2, 0.25) is 5.91 Å². The molecule has 2 heterocycles. The number of rotatable bonds is 7. The van der Waals surface area contributed by atoms with Gasteiger partial charge >= 0.3 is 0 Å². The minimum atomic E-state index is -0.794. The summed E-state index contributed by atoms with van der Waals surface area (Å²) in [5, 5.41) is 5.28. The molecule has 0 radical (unpaired) electrons. The summed E-state index contributed by atoms with van der Waals surface area (Å²) < 4.78 is 6.22. The van der Waals surface area contributed by atoms with E-state index >= 15 is 0 Å². The van der Waals surface area contributed by atoms with E-state index in [0.717, 1.165) is 40.3 Å². The van der Waals surface area contributed by atoms with Gasteiger partial charge in [-0.3, -0.25) is 4.79 Å². The summed E-state index contributed by atoms with van der Waals surface area (Å²) in [6.07, 6.45) is 2.51. The first-order valence-corrected chi connectivity index (χ1v) is 11.9. The molecule has 1 aliphatic rings. The van der Waals surface area contributed by atoms with Crippen molar-refractivity contribution in [2.75, 3.05) is 0 Å². The number of carbonyl (C=O) groups is 1. The molecular formula is C28H25NO2S. The molecule has 3 aromatic carbocycles. The first-order chi connectivity index (χ1) is 15.8. The monoisotopic (exact) mass is 439 g/mol. The summed E-state index contributed by atoms with van der Waals surface area (Å²) in [6, 6.07) is 30.5. The smallest absolute Gasteiger partial charge is 0.235 e. The average molecular weight is 440 g/mol. The van der Waals surface area contributed by atoms with Crippen molar-refractivity contribution >= 4 is 17.2 Å². The van der Waals surface area contributed by atoms with Gasteiger partial charge in [-0.15, -0.1) is 11.3 Å². The Bertz CT molecular complexity index is 1160. The van der Waals surface area contributed by atoms with Crippen LogP contribution in [0.25, 0.3) is 0 Å². The minimum absolute atomic E-state index is 0.0298. The van der Waals surface area contributed by atoms with Crippen molar-refractivity contribution < 1.29 is 9.53 Å². The summed E-state index contributed by atoms with van der Waals surface area (Å²) in [5.74, 6) is 1.55. The van der Waals surface area contributed by atoms with Crippen molar-refractivity contribution in [2.45, 2.75) is 31.2 Å². The van der Waals surface area contributed by atoms with Gasteiger partial charge in [0.15, 0.2) is 0 Å². The minimum Gasteiger partial charge on any atom is -0.457 e. The quantitative estimate of drug-likeness (QED) is 0.358. The number of benzene rings is 3. The zero-order valence-corrected chi connectivity index (χ0v) is 18.6. The van der Waals surface area contributed by atoms with Gasteiger partial charge in [0.25, 0.3) is 0 Å². The zero-order chi connectivity index (χ0) is 21.8. The molecule has 0 fully saturated rings. The van der Waals surface area contributed by atoms with Crippen LogP contribution in [0.15, 0.2) is 96.4 Å². The predicted molar refractivity (Wildman–Crippen MR) is 129 cm³/mol. The SMILES string of the molecule is O=C(NCc1cccs1)C1(CCCc2ccccc2)c2ccccc2Oc2ccccc21. The average Bonchev–Trinajstić information content (AvgIpc) is 3.36. The second-order valence-electron chi connectivity index (χ2n) is 8.10. The summed E-state index contributed by atoms with van der Waals surface area (Å²) in [7, 11) is 0. The number of hydrogen-bond acceptors (Lipinski definition) is 3. The third-order valence-corrected chi connectivity index (χ3v) is 7.04. The molecule has 1 aromatic heterocycles. The maximum Gasteiger partial charge on any atom is 0.235 e. The molecule has 160 valence electrons. The standard InChI is InChI=1S/C28H25NO2S/c30-27(29-20-22-13-9-19-32-22)28(18-8-12-21-10-2-1-3-11-21)23-14-4-6-16-25(23)31-26-17-7-5-15-24(26)28/h1-7,9-11,13-17,19H,8,12,18,20H2,(H,29,30). The predicted octanol–water partition coefficient (Wildman–Crippen LogP) is 6.48. The highest BCUT2D eigenvalue weighted by atomic mass is 32.1. The molecule has 0 bridgehead atoms. The Morgan fingerprint density at radius 1 is 0.812 bits per heavy atom.